The van der Waals surface area contributed by atoms with Gasteiger partial charge in [-0.3, -0.25) is 0 Å². The van der Waals surface area contributed by atoms with E-state index < -0.39 is 6.10 Å². The molecule has 1 aromatic heterocycles. The van der Waals surface area contributed by atoms with Crippen molar-refractivity contribution in [1.29, 1.82) is 0 Å². The van der Waals surface area contributed by atoms with Crippen LogP contribution in [0.3, 0.4) is 0 Å². The first kappa shape index (κ1) is 12.4. The molecule has 0 radical (unpaired) electrons. The molecule has 0 saturated heterocycles. The number of hydrogen-bond donors (Lipinski definition) is 1. The molecule has 0 fully saturated rings. The van der Waals surface area contributed by atoms with Crippen molar-refractivity contribution in [3.05, 3.63) is 45.6 Å². The molecule has 0 aliphatic heterocycles. The summed E-state index contributed by atoms with van der Waals surface area (Å²) >= 11 is 3.56. The molecule has 0 aliphatic carbocycles. The monoisotopic (exact) mass is 294 g/mol. The third-order valence-electron chi connectivity index (χ3n) is 2.72. The van der Waals surface area contributed by atoms with Crippen molar-refractivity contribution in [2.24, 2.45) is 0 Å². The predicted octanol–water partition coefficient (Wildman–Crippen LogP) is 4.38. The summed E-state index contributed by atoms with van der Waals surface area (Å²) in [6.07, 6.45) is -0.576. The Balaban J connectivity index is 2.52. The molecule has 1 unspecified atom stereocenters. The number of benzene rings is 1. The van der Waals surface area contributed by atoms with Gasteiger partial charge in [-0.2, -0.15) is 0 Å². The second-order valence-corrected chi connectivity index (χ2v) is 5.17. The number of rotatable bonds is 2. The zero-order chi connectivity index (χ0) is 12.6. The summed E-state index contributed by atoms with van der Waals surface area (Å²) in [5.74, 6) is 1.37. The van der Waals surface area contributed by atoms with Crippen LogP contribution in [0.25, 0.3) is 11.3 Å². The highest BCUT2D eigenvalue weighted by Gasteiger charge is 2.13. The van der Waals surface area contributed by atoms with E-state index in [2.05, 4.69) is 41.9 Å². The van der Waals surface area contributed by atoms with E-state index >= 15 is 0 Å². The molecular formula is C14H15BrO2. The van der Waals surface area contributed by atoms with Crippen LogP contribution in [0.1, 0.15) is 29.9 Å². The third-order valence-corrected chi connectivity index (χ3v) is 3.34. The van der Waals surface area contributed by atoms with Gasteiger partial charge < -0.3 is 9.52 Å². The van der Waals surface area contributed by atoms with Gasteiger partial charge >= 0.3 is 0 Å². The van der Waals surface area contributed by atoms with Crippen molar-refractivity contribution in [2.75, 3.05) is 0 Å². The fourth-order valence-electron chi connectivity index (χ4n) is 1.94. The molecule has 0 saturated carbocycles. The van der Waals surface area contributed by atoms with Gasteiger partial charge in [0.25, 0.3) is 0 Å². The van der Waals surface area contributed by atoms with Gasteiger partial charge in [-0.25, -0.2) is 0 Å². The topological polar surface area (TPSA) is 33.4 Å². The van der Waals surface area contributed by atoms with Gasteiger partial charge in [0.05, 0.1) is 0 Å². The maximum absolute atomic E-state index is 9.46. The highest BCUT2D eigenvalue weighted by atomic mass is 79.9. The molecule has 0 amide bonds. The molecule has 1 aromatic carbocycles. The van der Waals surface area contributed by atoms with Gasteiger partial charge in [0.2, 0.25) is 0 Å². The Bertz CT molecular complexity index is 518. The van der Waals surface area contributed by atoms with E-state index in [1.807, 2.05) is 12.1 Å². The highest BCUT2D eigenvalue weighted by Crippen LogP contribution is 2.34. The van der Waals surface area contributed by atoms with Gasteiger partial charge in [-0.05, 0) is 50.1 Å². The third kappa shape index (κ3) is 2.45. The predicted molar refractivity (Wildman–Crippen MR) is 72.0 cm³/mol. The van der Waals surface area contributed by atoms with E-state index in [0.29, 0.717) is 5.76 Å². The van der Waals surface area contributed by atoms with Crippen LogP contribution < -0.4 is 0 Å². The molecule has 1 N–H and O–H groups in total. The molecule has 1 atom stereocenters. The molecular weight excluding hydrogens is 280 g/mol. The lowest BCUT2D eigenvalue weighted by Gasteiger charge is -2.07. The smallest absolute Gasteiger partial charge is 0.135 e. The first-order chi connectivity index (χ1) is 7.99. The van der Waals surface area contributed by atoms with Gasteiger partial charge in [0.1, 0.15) is 17.6 Å². The van der Waals surface area contributed by atoms with Gasteiger partial charge in [0, 0.05) is 10.0 Å². The number of furan rings is 1. The molecule has 90 valence electrons. The summed E-state index contributed by atoms with van der Waals surface area (Å²) < 4.78 is 6.67. The number of halogens is 1. The van der Waals surface area contributed by atoms with E-state index in [1.165, 1.54) is 5.56 Å². The van der Waals surface area contributed by atoms with Crippen LogP contribution in [-0.4, -0.2) is 5.11 Å². The van der Waals surface area contributed by atoms with E-state index in [9.17, 15) is 5.11 Å². The first-order valence-electron chi connectivity index (χ1n) is 5.54. The highest BCUT2D eigenvalue weighted by molar-refractivity contribution is 9.10. The van der Waals surface area contributed by atoms with Crippen LogP contribution in [0.5, 0.6) is 0 Å². The molecule has 0 bridgehead atoms. The summed E-state index contributed by atoms with van der Waals surface area (Å²) in [7, 11) is 0. The van der Waals surface area contributed by atoms with Gasteiger partial charge in [0.15, 0.2) is 0 Å². The van der Waals surface area contributed by atoms with Crippen molar-refractivity contribution < 1.29 is 9.52 Å². The number of aliphatic hydroxyl groups excluding tert-OH is 1. The summed E-state index contributed by atoms with van der Waals surface area (Å²) in [5, 5.41) is 9.46. The fourth-order valence-corrected chi connectivity index (χ4v) is 2.81. The molecule has 17 heavy (non-hydrogen) atoms. The Labute approximate surface area is 109 Å². The summed E-state index contributed by atoms with van der Waals surface area (Å²) in [6.45, 7) is 5.81. The zero-order valence-electron chi connectivity index (χ0n) is 10.1. The quantitative estimate of drug-likeness (QED) is 0.892. The van der Waals surface area contributed by atoms with Crippen LogP contribution >= 0.6 is 15.9 Å². The average molecular weight is 295 g/mol. The van der Waals surface area contributed by atoms with Gasteiger partial charge in [-0.15, -0.1) is 0 Å². The zero-order valence-corrected chi connectivity index (χ0v) is 11.7. The van der Waals surface area contributed by atoms with Crippen molar-refractivity contribution in [3.63, 3.8) is 0 Å². The van der Waals surface area contributed by atoms with Crippen LogP contribution in [-0.2, 0) is 0 Å². The van der Waals surface area contributed by atoms with Crippen LogP contribution in [0.15, 0.2) is 33.2 Å². The Hall–Kier alpha value is -1.06. The molecule has 2 nitrogen and oxygen atoms in total. The molecule has 1 heterocycles. The lowest BCUT2D eigenvalue weighted by atomic mass is 10.0. The minimum absolute atomic E-state index is 0.576. The van der Waals surface area contributed by atoms with E-state index in [-0.39, 0.29) is 0 Å². The number of aryl methyl sites for hydroxylation is 2. The largest absolute Gasteiger partial charge is 0.458 e. The van der Waals surface area contributed by atoms with Crippen molar-refractivity contribution in [1.82, 2.24) is 0 Å². The molecule has 0 spiro atoms. The normalized spacial score (nSPS) is 12.8. The van der Waals surface area contributed by atoms with E-state index in [1.54, 1.807) is 6.92 Å². The van der Waals surface area contributed by atoms with E-state index in [0.717, 1.165) is 21.4 Å². The van der Waals surface area contributed by atoms with Crippen molar-refractivity contribution in [3.8, 4) is 11.3 Å². The maximum atomic E-state index is 9.46. The Morgan fingerprint density at radius 1 is 1.24 bits per heavy atom. The minimum Gasteiger partial charge on any atom is -0.458 e. The second kappa shape index (κ2) is 4.67. The summed E-state index contributed by atoms with van der Waals surface area (Å²) in [5.41, 5.74) is 3.41. The number of hydrogen-bond acceptors (Lipinski definition) is 2. The molecule has 0 aliphatic rings. The second-order valence-electron chi connectivity index (χ2n) is 4.32. The SMILES string of the molecule is Cc1cc(C)c(-c2ccc(C(C)O)o2)c(Br)c1. The maximum Gasteiger partial charge on any atom is 0.135 e. The van der Waals surface area contributed by atoms with Crippen molar-refractivity contribution in [2.45, 2.75) is 26.9 Å². The molecule has 2 aromatic rings. The Morgan fingerprint density at radius 3 is 2.47 bits per heavy atom. The van der Waals surface area contributed by atoms with Gasteiger partial charge in [-0.1, -0.05) is 22.0 Å². The number of aliphatic hydroxyl groups is 1. The first-order valence-corrected chi connectivity index (χ1v) is 6.33. The van der Waals surface area contributed by atoms with Crippen LogP contribution in [0.2, 0.25) is 0 Å². The average Bonchev–Trinajstić information content (AvgIpc) is 2.65. The lowest BCUT2D eigenvalue weighted by molar-refractivity contribution is 0.170. The summed E-state index contributed by atoms with van der Waals surface area (Å²) in [6, 6.07) is 7.88. The van der Waals surface area contributed by atoms with Crippen LogP contribution in [0.4, 0.5) is 0 Å². The fraction of sp³-hybridized carbons (Fsp3) is 0.286. The lowest BCUT2D eigenvalue weighted by Crippen LogP contribution is -1.87. The summed E-state index contributed by atoms with van der Waals surface area (Å²) in [4.78, 5) is 0. The Morgan fingerprint density at radius 2 is 1.94 bits per heavy atom. The van der Waals surface area contributed by atoms with Crippen molar-refractivity contribution >= 4 is 15.9 Å². The molecule has 3 heteroatoms. The minimum atomic E-state index is -0.576. The van der Waals surface area contributed by atoms with Crippen LogP contribution in [0, 0.1) is 13.8 Å². The van der Waals surface area contributed by atoms with E-state index in [4.69, 9.17) is 4.42 Å². The Kier molecular flexibility index (Phi) is 3.40. The molecule has 2 rings (SSSR count). The standard InChI is InChI=1S/C14H15BrO2/c1-8-6-9(2)14(11(15)7-8)13-5-4-12(17-13)10(3)16/h4-7,10,16H,1-3H3.